The number of hydrogen-bond acceptors (Lipinski definition) is 4. The van der Waals surface area contributed by atoms with Crippen LogP contribution in [0.2, 0.25) is 0 Å². The lowest BCUT2D eigenvalue weighted by Gasteiger charge is -2.35. The second-order valence-electron chi connectivity index (χ2n) is 7.76. The number of carbonyl (C=O) groups is 1. The van der Waals surface area contributed by atoms with Crippen LogP contribution in [0.4, 0.5) is 10.2 Å². The topological polar surface area (TPSA) is 36.4 Å². The van der Waals surface area contributed by atoms with E-state index in [-0.39, 0.29) is 0 Å². The molecule has 3 rings (SSSR count). The van der Waals surface area contributed by atoms with Gasteiger partial charge in [0, 0.05) is 38.5 Å². The SMILES string of the molecule is O=C(CCCCCN1CCN(c2cccc([18F])n2)CC1)C1CCCCC1. The second-order valence-corrected chi connectivity index (χ2v) is 7.76. The molecule has 2 fully saturated rings. The minimum absolute atomic E-state index is 0.369. The van der Waals surface area contributed by atoms with Gasteiger partial charge in [0.25, 0.3) is 0 Å². The fraction of sp³-hybridized carbons (Fsp3) is 0.714. The number of piperazine rings is 1. The Morgan fingerprint density at radius 2 is 1.81 bits per heavy atom. The first-order chi connectivity index (χ1) is 12.7. The zero-order valence-electron chi connectivity index (χ0n) is 15.8. The Morgan fingerprint density at radius 3 is 2.54 bits per heavy atom. The number of pyridine rings is 1. The molecule has 0 amide bonds. The highest BCUT2D eigenvalue weighted by molar-refractivity contribution is 5.80. The smallest absolute Gasteiger partial charge is 0.214 e. The molecule has 1 saturated carbocycles. The Kier molecular flexibility index (Phi) is 7.42. The third-order valence-electron chi connectivity index (χ3n) is 5.85. The van der Waals surface area contributed by atoms with Gasteiger partial charge in [0.1, 0.15) is 11.6 Å². The van der Waals surface area contributed by atoms with Gasteiger partial charge in [-0.2, -0.15) is 4.39 Å². The van der Waals surface area contributed by atoms with Crippen LogP contribution in [0.3, 0.4) is 0 Å². The summed E-state index contributed by atoms with van der Waals surface area (Å²) in [6.45, 7) is 4.90. The molecule has 1 saturated heterocycles. The number of aromatic nitrogens is 1. The maximum atomic E-state index is 13.2. The highest BCUT2D eigenvalue weighted by Crippen LogP contribution is 2.26. The van der Waals surface area contributed by atoms with Crippen molar-refractivity contribution in [3.63, 3.8) is 0 Å². The van der Waals surface area contributed by atoms with Crippen LogP contribution in [0, 0.1) is 11.9 Å². The summed E-state index contributed by atoms with van der Waals surface area (Å²) in [5, 5.41) is 0. The van der Waals surface area contributed by atoms with Crippen molar-refractivity contribution in [3.8, 4) is 0 Å². The molecule has 0 atom stereocenters. The number of unbranched alkanes of at least 4 members (excludes halogenated alkanes) is 2. The minimum Gasteiger partial charge on any atom is -0.354 e. The van der Waals surface area contributed by atoms with Crippen LogP contribution in [0.25, 0.3) is 0 Å². The summed E-state index contributed by atoms with van der Waals surface area (Å²) in [5.74, 6) is 1.22. The lowest BCUT2D eigenvalue weighted by Crippen LogP contribution is -2.47. The molecule has 0 unspecified atom stereocenters. The molecule has 26 heavy (non-hydrogen) atoms. The molecule has 0 bridgehead atoms. The van der Waals surface area contributed by atoms with E-state index in [4.69, 9.17) is 0 Å². The van der Waals surface area contributed by atoms with Gasteiger partial charge in [-0.3, -0.25) is 9.69 Å². The molecule has 1 aliphatic heterocycles. The van der Waals surface area contributed by atoms with Gasteiger partial charge in [-0.1, -0.05) is 31.7 Å². The molecule has 0 N–H and O–H groups in total. The summed E-state index contributed by atoms with van der Waals surface area (Å²) in [5.41, 5.74) is 0. The summed E-state index contributed by atoms with van der Waals surface area (Å²) in [4.78, 5) is 20.8. The molecular weight excluding hydrogens is 328 g/mol. The number of ketones is 1. The summed E-state index contributed by atoms with van der Waals surface area (Å²) in [7, 11) is 0. The normalized spacial score (nSPS) is 19.7. The molecule has 0 spiro atoms. The summed E-state index contributed by atoms with van der Waals surface area (Å²) >= 11 is 0. The molecule has 2 aliphatic rings. The van der Waals surface area contributed by atoms with E-state index < -0.39 is 5.95 Å². The molecule has 0 radical (unpaired) electrons. The van der Waals surface area contributed by atoms with Crippen LogP contribution in [0.5, 0.6) is 0 Å². The first kappa shape index (κ1) is 19.3. The minimum atomic E-state index is -0.410. The number of Topliss-reactive ketones (excluding diaryl/α,β-unsaturated/α-hetero) is 1. The second kappa shape index (κ2) is 10.0. The van der Waals surface area contributed by atoms with E-state index >= 15 is 0 Å². The van der Waals surface area contributed by atoms with Gasteiger partial charge in [0.2, 0.25) is 5.95 Å². The quantitative estimate of drug-likeness (QED) is 0.518. The average molecular weight is 361 g/mol. The van der Waals surface area contributed by atoms with Gasteiger partial charge < -0.3 is 4.90 Å². The van der Waals surface area contributed by atoms with Crippen molar-refractivity contribution in [2.75, 3.05) is 37.6 Å². The van der Waals surface area contributed by atoms with E-state index in [1.165, 1.54) is 25.3 Å². The monoisotopic (exact) mass is 360 g/mol. The number of halogens is 1. The maximum absolute atomic E-state index is 13.2. The molecule has 144 valence electrons. The lowest BCUT2D eigenvalue weighted by atomic mass is 9.84. The van der Waals surface area contributed by atoms with Crippen molar-refractivity contribution in [1.29, 1.82) is 0 Å². The number of rotatable bonds is 8. The first-order valence-electron chi connectivity index (χ1n) is 10.3. The van der Waals surface area contributed by atoms with Crippen LogP contribution in [0.1, 0.15) is 57.8 Å². The zero-order chi connectivity index (χ0) is 18.2. The number of anilines is 1. The molecule has 1 aromatic heterocycles. The molecule has 1 aromatic rings. The van der Waals surface area contributed by atoms with Gasteiger partial charge in [0.05, 0.1) is 0 Å². The maximum Gasteiger partial charge on any atom is 0.214 e. The lowest BCUT2D eigenvalue weighted by molar-refractivity contribution is -0.123. The molecule has 1 aliphatic carbocycles. The van der Waals surface area contributed by atoms with Crippen molar-refractivity contribution in [2.45, 2.75) is 57.8 Å². The highest BCUT2D eigenvalue weighted by atomic mass is 18.2. The van der Waals surface area contributed by atoms with Crippen molar-refractivity contribution < 1.29 is 9.18 Å². The Balaban J connectivity index is 1.26. The van der Waals surface area contributed by atoms with Gasteiger partial charge in [-0.25, -0.2) is 4.98 Å². The summed E-state index contributed by atoms with van der Waals surface area (Å²) in [6.07, 6.45) is 10.2. The average Bonchev–Trinajstić information content (AvgIpc) is 2.69. The van der Waals surface area contributed by atoms with Gasteiger partial charge >= 0.3 is 0 Å². The van der Waals surface area contributed by atoms with Crippen molar-refractivity contribution in [1.82, 2.24) is 9.88 Å². The van der Waals surface area contributed by atoms with Crippen LogP contribution in [0.15, 0.2) is 18.2 Å². The van der Waals surface area contributed by atoms with Crippen LogP contribution >= 0.6 is 0 Å². The first-order valence-corrected chi connectivity index (χ1v) is 10.3. The summed E-state index contributed by atoms with van der Waals surface area (Å²) < 4.78 is 13.2. The highest BCUT2D eigenvalue weighted by Gasteiger charge is 2.20. The Hall–Kier alpha value is -1.49. The van der Waals surface area contributed by atoms with Crippen molar-refractivity contribution in [2.24, 2.45) is 5.92 Å². The van der Waals surface area contributed by atoms with E-state index in [0.717, 1.165) is 77.1 Å². The zero-order valence-corrected chi connectivity index (χ0v) is 15.8. The third kappa shape index (κ3) is 5.76. The molecular formula is C21H32FN3O. The van der Waals surface area contributed by atoms with Crippen LogP contribution in [-0.4, -0.2) is 48.4 Å². The molecule has 2 heterocycles. The van der Waals surface area contributed by atoms with Crippen molar-refractivity contribution in [3.05, 3.63) is 24.1 Å². The van der Waals surface area contributed by atoms with E-state index in [2.05, 4.69) is 14.8 Å². The van der Waals surface area contributed by atoms with Crippen LogP contribution < -0.4 is 4.90 Å². The molecule has 4 nitrogen and oxygen atoms in total. The van der Waals surface area contributed by atoms with Gasteiger partial charge in [0.15, 0.2) is 0 Å². The Labute approximate surface area is 156 Å². The van der Waals surface area contributed by atoms with Gasteiger partial charge in [-0.05, 0) is 44.4 Å². The largest absolute Gasteiger partial charge is 0.354 e. The number of carbonyl (C=O) groups excluding carboxylic acids is 1. The van der Waals surface area contributed by atoms with Crippen molar-refractivity contribution >= 4 is 11.6 Å². The molecule has 0 aromatic carbocycles. The van der Waals surface area contributed by atoms with E-state index in [9.17, 15) is 9.18 Å². The Morgan fingerprint density at radius 1 is 1.04 bits per heavy atom. The summed E-state index contributed by atoms with van der Waals surface area (Å²) in [6, 6.07) is 4.99. The predicted molar refractivity (Wildman–Crippen MR) is 103 cm³/mol. The van der Waals surface area contributed by atoms with E-state index in [1.807, 2.05) is 6.07 Å². The molecule has 5 heteroatoms. The number of hydrogen-bond donors (Lipinski definition) is 0. The van der Waals surface area contributed by atoms with Gasteiger partial charge in [-0.15, -0.1) is 0 Å². The van der Waals surface area contributed by atoms with E-state index in [1.54, 1.807) is 6.07 Å². The standard InChI is InChI=1S/C21H32FN3O/c22-20-11-7-12-21(23-20)25-16-14-24(15-17-25)13-6-2-5-10-19(26)18-8-3-1-4-9-18/h7,11-12,18H,1-6,8-10,13-17H2/i22-1. The van der Waals surface area contributed by atoms with Crippen LogP contribution in [-0.2, 0) is 4.79 Å². The fourth-order valence-electron chi connectivity index (χ4n) is 4.21. The fourth-order valence-corrected chi connectivity index (χ4v) is 4.21. The Bertz CT molecular complexity index is 566. The number of nitrogens with zero attached hydrogens (tertiary/aromatic N) is 3. The third-order valence-corrected chi connectivity index (χ3v) is 5.85. The predicted octanol–water partition coefficient (Wildman–Crippen LogP) is 4.05. The van der Waals surface area contributed by atoms with E-state index in [0.29, 0.717) is 11.7 Å².